The quantitative estimate of drug-likeness (QED) is 0.813. The summed E-state index contributed by atoms with van der Waals surface area (Å²) in [5.74, 6) is -0.674. The van der Waals surface area contributed by atoms with Crippen LogP contribution in [0.1, 0.15) is 4.88 Å². The molecule has 2 aromatic rings. The first-order valence-corrected chi connectivity index (χ1v) is 7.84. The normalized spacial score (nSPS) is 14.6. The molecule has 1 aromatic carbocycles. The van der Waals surface area contributed by atoms with Crippen molar-refractivity contribution in [2.24, 2.45) is 4.99 Å². The lowest BCUT2D eigenvalue weighted by Gasteiger charge is -2.25. The van der Waals surface area contributed by atoms with Gasteiger partial charge in [0, 0.05) is 11.3 Å². The Labute approximate surface area is 136 Å². The summed E-state index contributed by atoms with van der Waals surface area (Å²) in [4.78, 5) is 29.7. The molecule has 23 heavy (non-hydrogen) atoms. The van der Waals surface area contributed by atoms with Gasteiger partial charge >= 0.3 is 0 Å². The summed E-state index contributed by atoms with van der Waals surface area (Å²) in [6.45, 7) is 0.243. The predicted molar refractivity (Wildman–Crippen MR) is 83.9 cm³/mol. The molecule has 0 spiro atoms. The molecular weight excluding hydrogens is 316 g/mol. The largest absolute Gasteiger partial charge is 0.494 e. The monoisotopic (exact) mass is 330 g/mol. The minimum Gasteiger partial charge on any atom is -0.494 e. The highest BCUT2D eigenvalue weighted by atomic mass is 32.1. The fourth-order valence-corrected chi connectivity index (χ4v) is 3.12. The molecule has 0 fully saturated rings. The second-order valence-electron chi connectivity index (χ2n) is 4.91. The summed E-state index contributed by atoms with van der Waals surface area (Å²) >= 11 is 1.47. The van der Waals surface area contributed by atoms with Crippen molar-refractivity contribution in [3.63, 3.8) is 0 Å². The molecule has 1 atom stereocenters. The minimum atomic E-state index is -0.992. The Bertz CT molecular complexity index is 832. The summed E-state index contributed by atoms with van der Waals surface area (Å²) in [6.07, 6.45) is -0.727. The standard InChI is InChI=1S/C16H14N2O4S/c19-10-22-14(8-11-4-3-7-23-11)16(21)18-9-17-13-6-2-1-5-12(13)15(18)20/h1-7,10,14,20H,8-9H2. The van der Waals surface area contributed by atoms with Gasteiger partial charge in [0.1, 0.15) is 6.67 Å². The van der Waals surface area contributed by atoms with Crippen LogP contribution in [0.3, 0.4) is 0 Å². The highest BCUT2D eigenvalue weighted by Crippen LogP contribution is 2.16. The maximum absolute atomic E-state index is 12.6. The molecule has 0 bridgehead atoms. The molecule has 0 radical (unpaired) electrons. The fourth-order valence-electron chi connectivity index (χ4n) is 2.38. The Kier molecular flexibility index (Phi) is 4.38. The van der Waals surface area contributed by atoms with Crippen LogP contribution in [-0.4, -0.2) is 35.2 Å². The summed E-state index contributed by atoms with van der Waals surface area (Å²) in [5.41, 5.74) is 0. The van der Waals surface area contributed by atoms with E-state index in [9.17, 15) is 14.7 Å². The zero-order valence-electron chi connectivity index (χ0n) is 12.1. The van der Waals surface area contributed by atoms with Crippen LogP contribution in [0.15, 0.2) is 46.8 Å². The van der Waals surface area contributed by atoms with E-state index in [4.69, 9.17) is 4.74 Å². The van der Waals surface area contributed by atoms with Crippen molar-refractivity contribution in [2.45, 2.75) is 12.5 Å². The van der Waals surface area contributed by atoms with Gasteiger partial charge in [0.25, 0.3) is 12.4 Å². The van der Waals surface area contributed by atoms with Crippen molar-refractivity contribution in [1.29, 1.82) is 0 Å². The predicted octanol–water partition coefficient (Wildman–Crippen LogP) is 0.575. The smallest absolute Gasteiger partial charge is 0.293 e. The molecule has 3 rings (SSSR count). The van der Waals surface area contributed by atoms with E-state index < -0.39 is 12.0 Å². The third kappa shape index (κ3) is 3.09. The van der Waals surface area contributed by atoms with Gasteiger partial charge in [0.05, 0.1) is 10.6 Å². The molecule has 1 aromatic heterocycles. The number of amides is 1. The zero-order valence-corrected chi connectivity index (χ0v) is 12.9. The van der Waals surface area contributed by atoms with Crippen LogP contribution in [0.25, 0.3) is 5.88 Å². The minimum absolute atomic E-state index is 0.00909. The molecule has 118 valence electrons. The highest BCUT2D eigenvalue weighted by Gasteiger charge is 2.30. The second kappa shape index (κ2) is 6.62. The molecule has 1 amide bonds. The number of nitrogens with zero attached hydrogens (tertiary/aromatic N) is 2. The van der Waals surface area contributed by atoms with Crippen molar-refractivity contribution in [1.82, 2.24) is 4.90 Å². The Morgan fingerprint density at radius 3 is 2.96 bits per heavy atom. The summed E-state index contributed by atoms with van der Waals surface area (Å²) < 4.78 is 4.94. The van der Waals surface area contributed by atoms with Gasteiger partial charge in [-0.05, 0) is 23.6 Å². The Morgan fingerprint density at radius 1 is 1.39 bits per heavy atom. The number of aliphatic hydroxyl groups excluding tert-OH is 1. The number of para-hydroxylation sites is 1. The molecule has 1 aliphatic rings. The van der Waals surface area contributed by atoms with Gasteiger partial charge in [0.2, 0.25) is 5.88 Å². The number of aliphatic hydroxyl groups is 1. The first-order valence-electron chi connectivity index (χ1n) is 6.96. The van der Waals surface area contributed by atoms with Crippen LogP contribution in [0.2, 0.25) is 0 Å². The zero-order chi connectivity index (χ0) is 16.2. The van der Waals surface area contributed by atoms with Crippen molar-refractivity contribution in [3.05, 3.63) is 57.2 Å². The van der Waals surface area contributed by atoms with Gasteiger partial charge in [-0.3, -0.25) is 19.5 Å². The van der Waals surface area contributed by atoms with Gasteiger partial charge < -0.3 is 9.84 Å². The third-order valence-electron chi connectivity index (χ3n) is 3.51. The molecule has 1 unspecified atom stereocenters. The molecule has 2 heterocycles. The summed E-state index contributed by atoms with van der Waals surface area (Å²) in [5, 5.41) is 13.3. The number of ether oxygens (including phenoxy) is 1. The lowest BCUT2D eigenvalue weighted by Crippen LogP contribution is -2.47. The molecular formula is C16H14N2O4S. The van der Waals surface area contributed by atoms with Crippen molar-refractivity contribution in [3.8, 4) is 0 Å². The number of thiophene rings is 1. The van der Waals surface area contributed by atoms with Crippen LogP contribution in [0.5, 0.6) is 0 Å². The van der Waals surface area contributed by atoms with Crippen LogP contribution >= 0.6 is 11.3 Å². The van der Waals surface area contributed by atoms with Gasteiger partial charge in [-0.25, -0.2) is 0 Å². The first kappa shape index (κ1) is 15.2. The fraction of sp³-hybridized carbons (Fsp3) is 0.188. The first-order chi connectivity index (χ1) is 11.2. The Balaban J connectivity index is 1.89. The van der Waals surface area contributed by atoms with E-state index in [-0.39, 0.29) is 25.4 Å². The van der Waals surface area contributed by atoms with Crippen LogP contribution < -0.4 is 10.6 Å². The van der Waals surface area contributed by atoms with E-state index in [2.05, 4.69) is 4.99 Å². The van der Waals surface area contributed by atoms with Gasteiger partial charge in [-0.15, -0.1) is 11.3 Å². The average molecular weight is 330 g/mol. The number of rotatable bonds is 5. The van der Waals surface area contributed by atoms with Crippen LogP contribution in [0.4, 0.5) is 0 Å². The molecule has 0 saturated heterocycles. The molecule has 0 aliphatic carbocycles. The van der Waals surface area contributed by atoms with E-state index in [0.29, 0.717) is 10.6 Å². The molecule has 6 nitrogen and oxygen atoms in total. The molecule has 1 aliphatic heterocycles. The van der Waals surface area contributed by atoms with Gasteiger partial charge in [-0.2, -0.15) is 0 Å². The second-order valence-corrected chi connectivity index (χ2v) is 5.94. The maximum Gasteiger partial charge on any atom is 0.293 e. The number of carbonyl (C=O) groups is 2. The van der Waals surface area contributed by atoms with Crippen LogP contribution in [-0.2, 0) is 20.7 Å². The highest BCUT2D eigenvalue weighted by molar-refractivity contribution is 7.09. The van der Waals surface area contributed by atoms with Crippen LogP contribution in [0, 0.1) is 0 Å². The molecule has 1 N–H and O–H groups in total. The van der Waals surface area contributed by atoms with Crippen molar-refractivity contribution < 1.29 is 19.4 Å². The Morgan fingerprint density at radius 2 is 2.22 bits per heavy atom. The number of fused-ring (bicyclic) bond motifs is 1. The van der Waals surface area contributed by atoms with E-state index in [1.165, 1.54) is 11.3 Å². The molecule has 0 saturated carbocycles. The number of carbonyl (C=O) groups excluding carboxylic acids is 2. The topological polar surface area (TPSA) is 79.2 Å². The van der Waals surface area contributed by atoms with E-state index in [1.807, 2.05) is 23.6 Å². The van der Waals surface area contributed by atoms with E-state index >= 15 is 0 Å². The van der Waals surface area contributed by atoms with Crippen molar-refractivity contribution >= 4 is 29.6 Å². The van der Waals surface area contributed by atoms with E-state index in [0.717, 1.165) is 9.78 Å². The lowest BCUT2D eigenvalue weighted by atomic mass is 10.2. The SMILES string of the molecule is O=COC(Cc1cccs1)C(=O)N1CN=c2ccccc2=C1O. The average Bonchev–Trinajstić information content (AvgIpc) is 3.08. The molecule has 7 heteroatoms. The maximum atomic E-state index is 12.6. The summed E-state index contributed by atoms with van der Waals surface area (Å²) in [6, 6.07) is 10.7. The number of hydrogen-bond donors (Lipinski definition) is 1. The van der Waals surface area contributed by atoms with Gasteiger partial charge in [-0.1, -0.05) is 18.2 Å². The van der Waals surface area contributed by atoms with E-state index in [1.54, 1.807) is 18.2 Å². The number of hydrogen-bond acceptors (Lipinski definition) is 6. The lowest BCUT2D eigenvalue weighted by molar-refractivity contribution is -0.150. The third-order valence-corrected chi connectivity index (χ3v) is 4.41. The Hall–Kier alpha value is -2.67. The van der Waals surface area contributed by atoms with Gasteiger partial charge in [0.15, 0.2) is 6.10 Å². The van der Waals surface area contributed by atoms with Crippen molar-refractivity contribution in [2.75, 3.05) is 6.67 Å². The number of benzene rings is 1. The summed E-state index contributed by atoms with van der Waals surface area (Å²) in [7, 11) is 0.